The van der Waals surface area contributed by atoms with E-state index >= 15 is 0 Å². The number of aryl methyl sites for hydroxylation is 3. The average molecular weight is 1800 g/mol. The third-order valence-electron chi connectivity index (χ3n) is 18.8. The number of ether oxygens (including phenoxy) is 12. The normalized spacial score (nSPS) is 11.4. The van der Waals surface area contributed by atoms with Crippen LogP contribution in [0, 0.1) is 13.8 Å². The summed E-state index contributed by atoms with van der Waals surface area (Å²) in [5.74, 6) is -1.57. The Morgan fingerprint density at radius 1 is 0.500 bits per heavy atom. The van der Waals surface area contributed by atoms with E-state index in [9.17, 15) is 51.8 Å². The number of aromatic nitrogens is 2. The summed E-state index contributed by atoms with van der Waals surface area (Å²) in [6.45, 7) is 17.3. The number of carboxylic acids is 1. The smallest absolute Gasteiger partial charge is 0.870 e. The van der Waals surface area contributed by atoms with Crippen LogP contribution in [0.4, 0.5) is 23.8 Å². The number of aliphatic carboxylic acids is 1. The SMILES string of the molecule is COC(=O)C[C@H](CC(=O)CNC(=O)CCCN(C(=O)OC(C)(C)C)c1cc(C)ccn1)c1cccc(-c2ccc3cc(OCCOCCOCCOCCOCCN=[N+]=[N-])ccc3c2)c1.Cc1ccnc(CCCCC(=O)NCC(=O)C[C@@H](CC(=O)O)c2cccc(-c3ccc4cc(OCCOCCOCCOCCOCCN=[N+]=[N-])ccc4c3)c2)c1.O=CC(F)(F)F.[Li+].[OH-]. The number of azide groups is 2. The van der Waals surface area contributed by atoms with E-state index in [0.717, 1.165) is 96.1 Å². The molecule has 3 amide bonds. The summed E-state index contributed by atoms with van der Waals surface area (Å²) in [5.41, 5.74) is 24.1. The number of hydrogen-bond donors (Lipinski definition) is 3. The topological polar surface area (TPSA) is 448 Å². The van der Waals surface area contributed by atoms with Gasteiger partial charge in [-0.3, -0.25) is 43.4 Å². The van der Waals surface area contributed by atoms with Crippen molar-refractivity contribution in [2.45, 2.75) is 122 Å². The zero-order valence-corrected chi connectivity index (χ0v) is 74.8. The third kappa shape index (κ3) is 47.2. The molecule has 0 unspecified atom stereocenters. The second-order valence-corrected chi connectivity index (χ2v) is 30.1. The molecule has 0 aliphatic carbocycles. The Bertz CT molecular complexity index is 4880. The zero-order valence-electron chi connectivity index (χ0n) is 74.8. The van der Waals surface area contributed by atoms with Crippen LogP contribution in [0.25, 0.3) is 64.7 Å². The van der Waals surface area contributed by atoms with E-state index in [1.165, 1.54) is 12.0 Å². The largest absolute Gasteiger partial charge is 1.00 e. The molecule has 0 radical (unpaired) electrons. The van der Waals surface area contributed by atoms with Crippen LogP contribution in [0.2, 0.25) is 0 Å². The molecule has 698 valence electrons. The van der Waals surface area contributed by atoms with Crippen LogP contribution in [0.5, 0.6) is 11.5 Å². The number of carbonyl (C=O) groups is 8. The number of pyridine rings is 2. The van der Waals surface area contributed by atoms with Gasteiger partial charge in [0, 0.05) is 85.1 Å². The van der Waals surface area contributed by atoms with Crippen molar-refractivity contribution in [2.75, 3.05) is 164 Å². The number of anilines is 1. The summed E-state index contributed by atoms with van der Waals surface area (Å²) in [6, 6.07) is 46.9. The fourth-order valence-electron chi connectivity index (χ4n) is 12.6. The monoisotopic (exact) mass is 1800 g/mol. The van der Waals surface area contributed by atoms with Crippen LogP contribution >= 0.6 is 0 Å². The number of nitrogens with one attached hydrogen (secondary N) is 2. The Balaban J connectivity index is 0.000000508. The number of carboxylic acid groups (broad SMARTS) is 1. The molecule has 8 rings (SSSR count). The molecule has 8 aromatic rings. The Kier molecular flexibility index (Phi) is 54.2. The average Bonchev–Trinajstić information content (AvgIpc) is 0.807. The molecule has 0 saturated carbocycles. The van der Waals surface area contributed by atoms with Crippen LogP contribution in [0.3, 0.4) is 0 Å². The maximum absolute atomic E-state index is 13.3. The van der Waals surface area contributed by atoms with Crippen molar-refractivity contribution in [1.29, 1.82) is 0 Å². The zero-order chi connectivity index (χ0) is 92.6. The number of alkyl halides is 3. The van der Waals surface area contributed by atoms with Gasteiger partial charge in [0.1, 0.15) is 36.1 Å². The number of rotatable bonds is 58. The molecule has 0 spiro atoms. The molecule has 0 aliphatic heterocycles. The molecular formula is C93H117F3LiN11O22. The first-order valence-electron chi connectivity index (χ1n) is 42.1. The van der Waals surface area contributed by atoms with Gasteiger partial charge < -0.3 is 78.1 Å². The van der Waals surface area contributed by atoms with Crippen molar-refractivity contribution in [3.63, 3.8) is 0 Å². The molecule has 6 aromatic carbocycles. The Morgan fingerprint density at radius 3 is 1.32 bits per heavy atom. The first-order chi connectivity index (χ1) is 61.7. The summed E-state index contributed by atoms with van der Waals surface area (Å²) in [7, 11) is 1.31. The number of methoxy groups -OCH3 is 1. The Morgan fingerprint density at radius 2 is 0.900 bits per heavy atom. The van der Waals surface area contributed by atoms with Crippen LogP contribution in [0.15, 0.2) is 168 Å². The van der Waals surface area contributed by atoms with E-state index in [1.807, 2.05) is 141 Å². The van der Waals surface area contributed by atoms with Crippen molar-refractivity contribution >= 4 is 75.1 Å². The number of fused-ring (bicyclic) bond motifs is 2. The van der Waals surface area contributed by atoms with Crippen molar-refractivity contribution in [2.24, 2.45) is 10.2 Å². The molecule has 37 heteroatoms. The maximum atomic E-state index is 13.3. The van der Waals surface area contributed by atoms with Gasteiger partial charge in [-0.25, -0.2) is 9.78 Å². The number of esters is 1. The summed E-state index contributed by atoms with van der Waals surface area (Å²) in [4.78, 5) is 113. The second kappa shape index (κ2) is 63.5. The van der Waals surface area contributed by atoms with Crippen LogP contribution in [-0.2, 0) is 87.4 Å². The van der Waals surface area contributed by atoms with Gasteiger partial charge in [-0.15, -0.1) is 0 Å². The predicted octanol–water partition coefficient (Wildman–Crippen LogP) is 12.5. The first-order valence-corrected chi connectivity index (χ1v) is 42.1. The summed E-state index contributed by atoms with van der Waals surface area (Å²) >= 11 is 0. The van der Waals surface area contributed by atoms with E-state index in [4.69, 9.17) is 72.7 Å². The van der Waals surface area contributed by atoms with Gasteiger partial charge in [-0.1, -0.05) is 95.2 Å². The third-order valence-corrected chi connectivity index (χ3v) is 18.8. The van der Waals surface area contributed by atoms with Gasteiger partial charge in [-0.2, -0.15) is 13.2 Å². The van der Waals surface area contributed by atoms with Gasteiger partial charge in [-0.05, 0) is 198 Å². The van der Waals surface area contributed by atoms with Crippen molar-refractivity contribution < 1.29 is 138 Å². The Labute approximate surface area is 766 Å². The quantitative estimate of drug-likeness (QED) is 0.00606. The number of carbonyl (C=O) groups excluding carboxylic acids is 7. The fraction of sp³-hybridized carbons (Fsp3) is 0.462. The van der Waals surface area contributed by atoms with Gasteiger partial charge >= 0.3 is 43.1 Å². The van der Waals surface area contributed by atoms with E-state index in [2.05, 4.69) is 52.8 Å². The summed E-state index contributed by atoms with van der Waals surface area (Å²) in [6.07, 6.45) is -0.0847. The maximum Gasteiger partial charge on any atom is 1.00 e. The number of hydrogen-bond acceptors (Lipinski definition) is 25. The second-order valence-electron chi connectivity index (χ2n) is 30.1. The van der Waals surface area contributed by atoms with Crippen LogP contribution in [0.1, 0.15) is 118 Å². The molecule has 130 heavy (non-hydrogen) atoms. The van der Waals surface area contributed by atoms with Gasteiger partial charge in [0.2, 0.25) is 18.1 Å². The molecule has 0 bridgehead atoms. The number of aldehydes is 1. The van der Waals surface area contributed by atoms with E-state index in [0.29, 0.717) is 157 Å². The number of Topliss-reactive ketones (excluding diaryl/α,β-unsaturated/α-hetero) is 2. The molecular weight excluding hydrogens is 1690 g/mol. The van der Waals surface area contributed by atoms with Crippen molar-refractivity contribution in [1.82, 2.24) is 20.6 Å². The number of unbranched alkanes of at least 4 members (excludes halogenated alkanes) is 1. The fourth-order valence-corrected chi connectivity index (χ4v) is 12.6. The molecule has 33 nitrogen and oxygen atoms in total. The number of amides is 3. The molecule has 2 aromatic heterocycles. The predicted molar refractivity (Wildman–Crippen MR) is 476 cm³/mol. The van der Waals surface area contributed by atoms with Crippen molar-refractivity contribution in [3.05, 3.63) is 207 Å². The minimum atomic E-state index is -4.64. The molecule has 0 aliphatic rings. The van der Waals surface area contributed by atoms with E-state index in [-0.39, 0.29) is 99.5 Å². The van der Waals surface area contributed by atoms with Gasteiger partial charge in [0.05, 0.1) is 139 Å². The molecule has 2 atom stereocenters. The molecule has 0 saturated heterocycles. The molecule has 4 N–H and O–H groups in total. The standard InChI is InChI=1S/C48H62N6O11.C43H53N5O9.C2HF3O.Li.H2O/c1-35-15-16-50-44(28-35)54(47(58)65-48(2,3)4)18-7-10-45(56)51-34-42(55)31-41(33-46(57)59-5)37-9-6-8-36(29-37)38-11-12-40-32-43(14-13-39(40)30-38)64-27-26-63-25-24-62-23-22-61-21-20-60-19-17-52-53-49;1-32-13-14-45-39(25-32)7-2-3-8-42(50)46-31-40(49)28-38(30-43(51)52)34-6-4-5-33(26-34)35-9-10-37-29-41(12-11-36(37)27-35)57-24-23-56-22-21-55-20-19-54-18-17-53-16-15-47-48-44;3-2(4,5)1-6;;/h6,8-9,11-16,28-30,32,41H,7,10,17-27,31,33-34H2,1-5H3,(H,51,56);4-6,9-14,25-27,29,38H,2-3,7-8,15-24,28,30-31H2,1H3,(H,46,50)(H,51,52);1H;;1H2/q;;;+1;/p-1/t41-;38-;;;/m00.../s1. The number of benzene rings is 6. The molecule has 0 fully saturated rings. The minimum Gasteiger partial charge on any atom is -0.870 e. The van der Waals surface area contributed by atoms with E-state index < -0.39 is 47.9 Å². The first kappa shape index (κ1) is 111. The van der Waals surface area contributed by atoms with Crippen molar-refractivity contribution in [3.8, 4) is 33.8 Å². The summed E-state index contributed by atoms with van der Waals surface area (Å²) < 4.78 is 97.2. The molecule has 2 heterocycles. The minimum absolute atomic E-state index is 0. The summed E-state index contributed by atoms with van der Waals surface area (Å²) in [5, 5.41) is 25.9. The number of ketones is 2. The van der Waals surface area contributed by atoms with Gasteiger partial charge in [0.25, 0.3) is 0 Å². The van der Waals surface area contributed by atoms with Gasteiger partial charge in [0.15, 0.2) is 11.6 Å². The van der Waals surface area contributed by atoms with Crippen LogP contribution in [-0.4, -0.2) is 239 Å². The van der Waals surface area contributed by atoms with Crippen LogP contribution < -0.4 is 43.9 Å². The Hall–Kier alpha value is -11.5. The number of halogens is 3. The van der Waals surface area contributed by atoms with E-state index in [1.54, 1.807) is 39.2 Å². The number of nitrogens with zero attached hydrogens (tertiary/aromatic N) is 9.